The Morgan fingerprint density at radius 3 is 2.49 bits per heavy atom. The Hall–Kier alpha value is -0.460. The van der Waals surface area contributed by atoms with Crippen LogP contribution >= 0.6 is 0 Å². The molecule has 3 saturated carbocycles. The summed E-state index contributed by atoms with van der Waals surface area (Å²) in [5.74, 6) is 2.96. The zero-order chi connectivity index (χ0) is 25.8. The second-order valence-corrected chi connectivity index (χ2v) is 13.1. The van der Waals surface area contributed by atoms with Gasteiger partial charge < -0.3 is 25.2 Å². The zero-order valence-corrected chi connectivity index (χ0v) is 23.0. The van der Waals surface area contributed by atoms with Gasteiger partial charge in [0.15, 0.2) is 0 Å². The molecular weight excluding hydrogens is 440 g/mol. The number of allylic oxidation sites excluding steroid dienone is 2. The number of aliphatic hydroxyl groups is 4. The number of rotatable bonds is 11. The van der Waals surface area contributed by atoms with Crippen LogP contribution in [0.1, 0.15) is 98.8 Å². The summed E-state index contributed by atoms with van der Waals surface area (Å²) in [6.07, 6.45) is 13.6. The maximum atomic E-state index is 10.8. The van der Waals surface area contributed by atoms with E-state index in [0.717, 1.165) is 24.7 Å². The summed E-state index contributed by atoms with van der Waals surface area (Å²) in [6.45, 7) is 11.3. The summed E-state index contributed by atoms with van der Waals surface area (Å²) in [7, 11) is 0. The van der Waals surface area contributed by atoms with Gasteiger partial charge in [-0.2, -0.15) is 0 Å². The molecule has 3 rings (SSSR count). The third-order valence-corrected chi connectivity index (χ3v) is 10.0. The van der Waals surface area contributed by atoms with E-state index in [2.05, 4.69) is 32.9 Å². The van der Waals surface area contributed by atoms with Gasteiger partial charge in [-0.25, -0.2) is 0 Å². The standard InChI is InChI=1S/C30H54O5/c1-20(9-6-15-29(3,4)34)24-13-14-25-22(10-7-16-30(24,25)5)11-12-23-19-26(32)28(27(33)21(23)2)35-18-8-17-31/h11-12,20-28,31-34H,6-10,13-19H2,1-5H3/b12-11-/t20-,21?,22?,23?,24?,25?,26-,27-,28+,30-/m1/s1. The van der Waals surface area contributed by atoms with Gasteiger partial charge in [0.05, 0.1) is 17.8 Å². The van der Waals surface area contributed by atoms with Crippen molar-refractivity contribution in [1.29, 1.82) is 0 Å². The molecular formula is C30H54O5. The molecule has 5 nitrogen and oxygen atoms in total. The maximum absolute atomic E-state index is 10.8. The summed E-state index contributed by atoms with van der Waals surface area (Å²) in [5.41, 5.74) is -0.171. The van der Waals surface area contributed by atoms with Crippen molar-refractivity contribution in [2.24, 2.45) is 40.9 Å². The molecule has 10 atom stereocenters. The second kappa shape index (κ2) is 12.4. The quantitative estimate of drug-likeness (QED) is 0.237. The van der Waals surface area contributed by atoms with Crippen LogP contribution in [-0.2, 0) is 4.74 Å². The van der Waals surface area contributed by atoms with E-state index in [0.29, 0.717) is 36.7 Å². The fraction of sp³-hybridized carbons (Fsp3) is 0.933. The fourth-order valence-electron chi connectivity index (χ4n) is 7.95. The van der Waals surface area contributed by atoms with Crippen molar-refractivity contribution in [3.05, 3.63) is 12.2 Å². The van der Waals surface area contributed by atoms with Gasteiger partial charge in [-0.1, -0.05) is 52.2 Å². The number of hydrogen-bond donors (Lipinski definition) is 4. The summed E-state index contributed by atoms with van der Waals surface area (Å²) >= 11 is 0. The zero-order valence-electron chi connectivity index (χ0n) is 23.0. The van der Waals surface area contributed by atoms with Crippen LogP contribution < -0.4 is 0 Å². The van der Waals surface area contributed by atoms with Gasteiger partial charge in [-0.05, 0) is 99.7 Å². The Labute approximate surface area is 214 Å². The van der Waals surface area contributed by atoms with Gasteiger partial charge in [0.2, 0.25) is 0 Å². The molecule has 3 aliphatic rings. The van der Waals surface area contributed by atoms with Crippen molar-refractivity contribution in [2.75, 3.05) is 13.2 Å². The van der Waals surface area contributed by atoms with E-state index in [1.165, 1.54) is 38.5 Å². The van der Waals surface area contributed by atoms with Gasteiger partial charge in [0, 0.05) is 13.2 Å². The Bertz CT molecular complexity index is 672. The average molecular weight is 495 g/mol. The predicted molar refractivity (Wildman–Crippen MR) is 141 cm³/mol. The highest BCUT2D eigenvalue weighted by Crippen LogP contribution is 2.60. The first-order chi connectivity index (χ1) is 16.5. The number of ether oxygens (including phenoxy) is 1. The average Bonchev–Trinajstić information content (AvgIpc) is 3.14. The second-order valence-electron chi connectivity index (χ2n) is 13.1. The van der Waals surface area contributed by atoms with Crippen molar-refractivity contribution in [3.8, 4) is 0 Å². The van der Waals surface area contributed by atoms with Crippen molar-refractivity contribution < 1.29 is 25.2 Å². The molecule has 4 N–H and O–H groups in total. The molecule has 0 saturated heterocycles. The smallest absolute Gasteiger partial charge is 0.109 e. The molecule has 0 spiro atoms. The van der Waals surface area contributed by atoms with Crippen molar-refractivity contribution >= 4 is 0 Å². The first-order valence-corrected chi connectivity index (χ1v) is 14.5. The highest BCUT2D eigenvalue weighted by molar-refractivity contribution is 5.09. The third kappa shape index (κ3) is 7.10. The Kier molecular flexibility index (Phi) is 10.3. The molecule has 0 aromatic carbocycles. The van der Waals surface area contributed by atoms with Crippen LogP contribution in [0.4, 0.5) is 0 Å². The van der Waals surface area contributed by atoms with Crippen molar-refractivity contribution in [3.63, 3.8) is 0 Å². The molecule has 0 bridgehead atoms. The van der Waals surface area contributed by atoms with Crippen molar-refractivity contribution in [2.45, 2.75) is 123 Å². The molecule has 0 heterocycles. The first kappa shape index (κ1) is 29.1. The van der Waals surface area contributed by atoms with Crippen LogP contribution in [0.5, 0.6) is 0 Å². The topological polar surface area (TPSA) is 90.2 Å². The van der Waals surface area contributed by atoms with Gasteiger partial charge in [0.1, 0.15) is 6.10 Å². The number of aliphatic hydroxyl groups excluding tert-OH is 3. The van der Waals surface area contributed by atoms with E-state index >= 15 is 0 Å². The lowest BCUT2D eigenvalue weighted by Gasteiger charge is -2.46. The highest BCUT2D eigenvalue weighted by Gasteiger charge is 2.51. The number of fused-ring (bicyclic) bond motifs is 1. The first-order valence-electron chi connectivity index (χ1n) is 14.5. The van der Waals surface area contributed by atoms with E-state index in [9.17, 15) is 15.3 Å². The van der Waals surface area contributed by atoms with Gasteiger partial charge >= 0.3 is 0 Å². The third-order valence-electron chi connectivity index (χ3n) is 10.0. The largest absolute Gasteiger partial charge is 0.396 e. The summed E-state index contributed by atoms with van der Waals surface area (Å²) < 4.78 is 5.71. The number of hydrogen-bond acceptors (Lipinski definition) is 5. The summed E-state index contributed by atoms with van der Waals surface area (Å²) in [4.78, 5) is 0. The van der Waals surface area contributed by atoms with E-state index in [-0.39, 0.29) is 18.4 Å². The maximum Gasteiger partial charge on any atom is 0.109 e. The van der Waals surface area contributed by atoms with Crippen LogP contribution in [0.15, 0.2) is 12.2 Å². The molecule has 5 heteroatoms. The molecule has 5 unspecified atom stereocenters. The molecule has 0 aromatic heterocycles. The molecule has 3 fully saturated rings. The van der Waals surface area contributed by atoms with Crippen LogP contribution in [0.2, 0.25) is 0 Å². The minimum absolute atomic E-state index is 0.0378. The Morgan fingerprint density at radius 1 is 1.09 bits per heavy atom. The van der Waals surface area contributed by atoms with Crippen LogP contribution in [0, 0.1) is 40.9 Å². The van der Waals surface area contributed by atoms with Gasteiger partial charge in [-0.15, -0.1) is 0 Å². The fourth-order valence-corrected chi connectivity index (χ4v) is 7.95. The Balaban J connectivity index is 1.60. The highest BCUT2D eigenvalue weighted by atomic mass is 16.5. The van der Waals surface area contributed by atoms with Gasteiger partial charge in [-0.3, -0.25) is 0 Å². The minimum Gasteiger partial charge on any atom is -0.396 e. The molecule has 0 aromatic rings. The lowest BCUT2D eigenvalue weighted by molar-refractivity contribution is -0.149. The molecule has 0 amide bonds. The molecule has 204 valence electrons. The molecule has 3 aliphatic carbocycles. The van der Waals surface area contributed by atoms with E-state index < -0.39 is 23.9 Å². The Morgan fingerprint density at radius 2 is 1.80 bits per heavy atom. The SMILES string of the molecule is CC1C(/C=C\C2CCC[C@@]3(C)C2CCC3[C@H](C)CCCC(C)(C)O)C[C@@H](O)[C@H](OCCCO)[C@@H]1O. The van der Waals surface area contributed by atoms with Gasteiger partial charge in [0.25, 0.3) is 0 Å². The van der Waals surface area contributed by atoms with E-state index in [1.54, 1.807) is 0 Å². The van der Waals surface area contributed by atoms with E-state index in [4.69, 9.17) is 9.84 Å². The molecule has 0 radical (unpaired) electrons. The molecule has 0 aliphatic heterocycles. The van der Waals surface area contributed by atoms with Crippen LogP contribution in [-0.4, -0.2) is 57.6 Å². The van der Waals surface area contributed by atoms with Crippen molar-refractivity contribution in [1.82, 2.24) is 0 Å². The van der Waals surface area contributed by atoms with Crippen LogP contribution in [0.3, 0.4) is 0 Å². The summed E-state index contributed by atoms with van der Waals surface area (Å²) in [5, 5.41) is 40.6. The van der Waals surface area contributed by atoms with E-state index in [1.807, 2.05) is 13.8 Å². The predicted octanol–water partition coefficient (Wildman–Crippen LogP) is 5.10. The lowest BCUT2D eigenvalue weighted by atomic mass is 9.59. The lowest BCUT2D eigenvalue weighted by Crippen LogP contribution is -2.50. The van der Waals surface area contributed by atoms with Crippen LogP contribution in [0.25, 0.3) is 0 Å². The monoisotopic (exact) mass is 494 g/mol. The minimum atomic E-state index is -0.690. The summed E-state index contributed by atoms with van der Waals surface area (Å²) in [6, 6.07) is 0. The molecule has 35 heavy (non-hydrogen) atoms. The normalized spacial score (nSPS) is 41.3.